The standard InChI is InChI=1S/C20H19ClN2O/c1-2-11-22-20(24)12-16-14-23(19-6-4-3-5-18(16)19)13-15-7-9-17(21)10-8-15/h2-10,14H,1,11-13H2,(H,22,24). The molecule has 0 radical (unpaired) electrons. The average Bonchev–Trinajstić information content (AvgIpc) is 2.93. The first-order valence-corrected chi connectivity index (χ1v) is 8.24. The average molecular weight is 339 g/mol. The Balaban J connectivity index is 1.89. The van der Waals surface area contributed by atoms with Crippen LogP contribution in [-0.2, 0) is 17.8 Å². The van der Waals surface area contributed by atoms with Gasteiger partial charge in [0, 0.05) is 35.2 Å². The number of para-hydroxylation sites is 1. The van der Waals surface area contributed by atoms with Gasteiger partial charge in [-0.05, 0) is 29.3 Å². The molecule has 3 aromatic rings. The van der Waals surface area contributed by atoms with Gasteiger partial charge in [-0.3, -0.25) is 4.79 Å². The minimum atomic E-state index is 0.00398. The van der Waals surface area contributed by atoms with Crippen LogP contribution in [0.15, 0.2) is 67.4 Å². The second kappa shape index (κ2) is 7.37. The van der Waals surface area contributed by atoms with Gasteiger partial charge in [0.2, 0.25) is 5.91 Å². The van der Waals surface area contributed by atoms with Crippen molar-refractivity contribution in [2.24, 2.45) is 0 Å². The van der Waals surface area contributed by atoms with Crippen LogP contribution in [0.5, 0.6) is 0 Å². The Hall–Kier alpha value is -2.52. The molecule has 1 aromatic heterocycles. The van der Waals surface area contributed by atoms with Gasteiger partial charge in [0.05, 0.1) is 6.42 Å². The summed E-state index contributed by atoms with van der Waals surface area (Å²) in [5.74, 6) is 0.00398. The van der Waals surface area contributed by atoms with Crippen LogP contribution in [0.2, 0.25) is 5.02 Å². The van der Waals surface area contributed by atoms with Gasteiger partial charge in [0.1, 0.15) is 0 Å². The van der Waals surface area contributed by atoms with Crippen molar-refractivity contribution in [2.45, 2.75) is 13.0 Å². The lowest BCUT2D eigenvalue weighted by molar-refractivity contribution is -0.120. The largest absolute Gasteiger partial charge is 0.352 e. The van der Waals surface area contributed by atoms with E-state index in [9.17, 15) is 4.79 Å². The van der Waals surface area contributed by atoms with E-state index in [1.807, 2.05) is 36.4 Å². The number of carbonyl (C=O) groups excluding carboxylic acids is 1. The number of hydrogen-bond acceptors (Lipinski definition) is 1. The molecule has 0 saturated heterocycles. The third-order valence-electron chi connectivity index (χ3n) is 3.93. The molecule has 0 aliphatic heterocycles. The molecule has 0 aliphatic carbocycles. The zero-order chi connectivity index (χ0) is 16.9. The number of nitrogens with zero attached hydrogens (tertiary/aromatic N) is 1. The number of carbonyl (C=O) groups is 1. The fourth-order valence-electron chi connectivity index (χ4n) is 2.80. The predicted octanol–water partition coefficient (Wildman–Crippen LogP) is 4.19. The smallest absolute Gasteiger partial charge is 0.224 e. The molecule has 1 heterocycles. The Morgan fingerprint density at radius 3 is 2.67 bits per heavy atom. The van der Waals surface area contributed by atoms with Gasteiger partial charge >= 0.3 is 0 Å². The maximum atomic E-state index is 12.0. The Morgan fingerprint density at radius 2 is 1.92 bits per heavy atom. The highest BCUT2D eigenvalue weighted by molar-refractivity contribution is 6.30. The number of nitrogens with one attached hydrogen (secondary N) is 1. The maximum absolute atomic E-state index is 12.0. The molecular weight excluding hydrogens is 320 g/mol. The Morgan fingerprint density at radius 1 is 1.17 bits per heavy atom. The third-order valence-corrected chi connectivity index (χ3v) is 4.18. The highest BCUT2D eigenvalue weighted by Gasteiger charge is 2.11. The highest BCUT2D eigenvalue weighted by Crippen LogP contribution is 2.23. The van der Waals surface area contributed by atoms with E-state index < -0.39 is 0 Å². The summed E-state index contributed by atoms with van der Waals surface area (Å²) in [5.41, 5.74) is 3.32. The van der Waals surface area contributed by atoms with Gasteiger partial charge in [0.15, 0.2) is 0 Å². The summed E-state index contributed by atoms with van der Waals surface area (Å²) in [7, 11) is 0. The number of halogens is 1. The molecule has 4 heteroatoms. The SMILES string of the molecule is C=CCNC(=O)Cc1cn(Cc2ccc(Cl)cc2)c2ccccc12. The molecule has 0 atom stereocenters. The lowest BCUT2D eigenvalue weighted by atomic mass is 10.1. The van der Waals surface area contributed by atoms with Crippen LogP contribution in [0, 0.1) is 0 Å². The maximum Gasteiger partial charge on any atom is 0.224 e. The number of benzene rings is 2. The molecule has 122 valence electrons. The number of aromatic nitrogens is 1. The summed E-state index contributed by atoms with van der Waals surface area (Å²) < 4.78 is 2.18. The van der Waals surface area contributed by atoms with Crippen molar-refractivity contribution in [1.82, 2.24) is 9.88 Å². The summed E-state index contributed by atoms with van der Waals surface area (Å²) in [5, 5.41) is 4.67. The Labute approximate surface area is 146 Å². The molecule has 3 nitrogen and oxygen atoms in total. The van der Waals surface area contributed by atoms with Crippen molar-refractivity contribution in [3.05, 3.63) is 83.5 Å². The lowest BCUT2D eigenvalue weighted by Crippen LogP contribution is -2.24. The first-order chi connectivity index (χ1) is 11.7. The fraction of sp³-hybridized carbons (Fsp3) is 0.150. The van der Waals surface area contributed by atoms with Gasteiger partial charge in [-0.1, -0.05) is 48.0 Å². The molecule has 0 saturated carbocycles. The number of amides is 1. The van der Waals surface area contributed by atoms with Crippen LogP contribution in [0.3, 0.4) is 0 Å². The van der Waals surface area contributed by atoms with Crippen molar-refractivity contribution in [1.29, 1.82) is 0 Å². The first-order valence-electron chi connectivity index (χ1n) is 7.86. The minimum Gasteiger partial charge on any atom is -0.352 e. The zero-order valence-corrected chi connectivity index (χ0v) is 14.1. The molecule has 3 rings (SSSR count). The van der Waals surface area contributed by atoms with E-state index in [0.29, 0.717) is 13.0 Å². The van der Waals surface area contributed by atoms with Crippen molar-refractivity contribution >= 4 is 28.4 Å². The van der Waals surface area contributed by atoms with Gasteiger partial charge in [-0.15, -0.1) is 6.58 Å². The van der Waals surface area contributed by atoms with Crippen molar-refractivity contribution in [3.63, 3.8) is 0 Å². The lowest BCUT2D eigenvalue weighted by Gasteiger charge is -2.05. The van der Waals surface area contributed by atoms with Crippen LogP contribution < -0.4 is 5.32 Å². The van der Waals surface area contributed by atoms with Crippen molar-refractivity contribution in [2.75, 3.05) is 6.54 Å². The van der Waals surface area contributed by atoms with Crippen LogP contribution in [0.25, 0.3) is 10.9 Å². The molecule has 0 aliphatic rings. The minimum absolute atomic E-state index is 0.00398. The predicted molar refractivity (Wildman–Crippen MR) is 99.4 cm³/mol. The molecule has 24 heavy (non-hydrogen) atoms. The molecule has 0 bridgehead atoms. The molecule has 0 spiro atoms. The molecule has 0 fully saturated rings. The highest BCUT2D eigenvalue weighted by atomic mass is 35.5. The molecule has 1 amide bonds. The quantitative estimate of drug-likeness (QED) is 0.672. The number of rotatable bonds is 6. The van der Waals surface area contributed by atoms with Crippen LogP contribution in [0.1, 0.15) is 11.1 Å². The Bertz CT molecular complexity index is 865. The normalized spacial score (nSPS) is 10.7. The summed E-state index contributed by atoms with van der Waals surface area (Å²) >= 11 is 5.95. The van der Waals surface area contributed by atoms with Gasteiger partial charge in [-0.25, -0.2) is 0 Å². The second-order valence-electron chi connectivity index (χ2n) is 5.70. The summed E-state index contributed by atoms with van der Waals surface area (Å²) in [4.78, 5) is 12.0. The van der Waals surface area contributed by atoms with E-state index in [4.69, 9.17) is 11.6 Å². The van der Waals surface area contributed by atoms with E-state index >= 15 is 0 Å². The van der Waals surface area contributed by atoms with E-state index in [1.165, 1.54) is 5.56 Å². The molecule has 0 unspecified atom stereocenters. The molecule has 1 N–H and O–H groups in total. The third kappa shape index (κ3) is 3.69. The van der Waals surface area contributed by atoms with Gasteiger partial charge in [0.25, 0.3) is 0 Å². The van der Waals surface area contributed by atoms with Gasteiger partial charge < -0.3 is 9.88 Å². The monoisotopic (exact) mass is 338 g/mol. The first kappa shape index (κ1) is 16.3. The van der Waals surface area contributed by atoms with Gasteiger partial charge in [-0.2, -0.15) is 0 Å². The van der Waals surface area contributed by atoms with E-state index in [0.717, 1.165) is 28.0 Å². The molecule has 2 aromatic carbocycles. The van der Waals surface area contributed by atoms with Crippen LogP contribution in [-0.4, -0.2) is 17.0 Å². The fourth-order valence-corrected chi connectivity index (χ4v) is 2.93. The summed E-state index contributed by atoms with van der Waals surface area (Å²) in [6, 6.07) is 16.0. The van der Waals surface area contributed by atoms with E-state index in [1.54, 1.807) is 6.08 Å². The number of hydrogen-bond donors (Lipinski definition) is 1. The van der Waals surface area contributed by atoms with Crippen LogP contribution >= 0.6 is 11.6 Å². The Kier molecular flexibility index (Phi) is 5.02. The zero-order valence-electron chi connectivity index (χ0n) is 13.3. The topological polar surface area (TPSA) is 34.0 Å². The second-order valence-corrected chi connectivity index (χ2v) is 6.13. The molecular formula is C20H19ClN2O. The van der Waals surface area contributed by atoms with E-state index in [-0.39, 0.29) is 5.91 Å². The van der Waals surface area contributed by atoms with Crippen LogP contribution in [0.4, 0.5) is 0 Å². The number of fused-ring (bicyclic) bond motifs is 1. The summed E-state index contributed by atoms with van der Waals surface area (Å²) in [6.07, 6.45) is 4.11. The summed E-state index contributed by atoms with van der Waals surface area (Å²) in [6.45, 7) is 4.85. The van der Waals surface area contributed by atoms with Crippen molar-refractivity contribution < 1.29 is 4.79 Å². The van der Waals surface area contributed by atoms with Crippen molar-refractivity contribution in [3.8, 4) is 0 Å². The van der Waals surface area contributed by atoms with E-state index in [2.05, 4.69) is 34.8 Å².